The van der Waals surface area contributed by atoms with E-state index in [0.717, 1.165) is 23.2 Å². The molecule has 0 saturated carbocycles. The Balaban J connectivity index is 2.60. The Kier molecular flexibility index (Phi) is 4.21. The van der Waals surface area contributed by atoms with E-state index in [4.69, 9.17) is 10.5 Å². The number of hydrogen-bond acceptors (Lipinski definition) is 3. The van der Waals surface area contributed by atoms with Gasteiger partial charge in [-0.3, -0.25) is 0 Å². The van der Waals surface area contributed by atoms with Gasteiger partial charge in [0.2, 0.25) is 5.95 Å². The standard InChI is InChI=1S/C16H25N3O/c1-6-12(10(2)3)19-13-8-7-9-14(20-11(4)5)15(13)18-16(19)17/h7-12H,6H2,1-5H3,(H2,17,18). The molecule has 2 N–H and O–H groups in total. The van der Waals surface area contributed by atoms with Crippen LogP contribution < -0.4 is 10.5 Å². The maximum Gasteiger partial charge on any atom is 0.201 e. The molecule has 0 bridgehead atoms. The minimum Gasteiger partial charge on any atom is -0.489 e. The van der Waals surface area contributed by atoms with Gasteiger partial charge in [-0.2, -0.15) is 0 Å². The van der Waals surface area contributed by atoms with Crippen molar-refractivity contribution in [1.29, 1.82) is 0 Å². The fourth-order valence-electron chi connectivity index (χ4n) is 2.76. The number of imidazole rings is 1. The van der Waals surface area contributed by atoms with E-state index in [1.54, 1.807) is 0 Å². The zero-order valence-corrected chi connectivity index (χ0v) is 13.1. The average molecular weight is 275 g/mol. The summed E-state index contributed by atoms with van der Waals surface area (Å²) in [5.74, 6) is 1.89. The molecule has 0 aliphatic rings. The van der Waals surface area contributed by atoms with E-state index in [9.17, 15) is 0 Å². The fourth-order valence-corrected chi connectivity index (χ4v) is 2.76. The summed E-state index contributed by atoms with van der Waals surface area (Å²) in [5.41, 5.74) is 8.08. The Bertz CT molecular complexity index is 587. The van der Waals surface area contributed by atoms with Crippen molar-refractivity contribution in [1.82, 2.24) is 9.55 Å². The molecule has 0 aliphatic heterocycles. The van der Waals surface area contributed by atoms with Crippen LogP contribution in [0, 0.1) is 5.92 Å². The smallest absolute Gasteiger partial charge is 0.201 e. The minimum absolute atomic E-state index is 0.124. The van der Waals surface area contributed by atoms with Gasteiger partial charge in [0.1, 0.15) is 11.3 Å². The maximum absolute atomic E-state index is 6.16. The lowest BCUT2D eigenvalue weighted by Gasteiger charge is -2.22. The lowest BCUT2D eigenvalue weighted by molar-refractivity contribution is 0.245. The fraction of sp³-hybridized carbons (Fsp3) is 0.562. The number of hydrogen-bond donors (Lipinski definition) is 1. The largest absolute Gasteiger partial charge is 0.489 e. The number of ether oxygens (including phenoxy) is 1. The van der Waals surface area contributed by atoms with Crippen LogP contribution in [0.25, 0.3) is 11.0 Å². The molecule has 0 aliphatic carbocycles. The Morgan fingerprint density at radius 1 is 1.25 bits per heavy atom. The lowest BCUT2D eigenvalue weighted by Crippen LogP contribution is -2.16. The van der Waals surface area contributed by atoms with E-state index in [2.05, 4.69) is 36.4 Å². The first-order chi connectivity index (χ1) is 9.45. The van der Waals surface area contributed by atoms with E-state index in [0.29, 0.717) is 17.9 Å². The number of aromatic nitrogens is 2. The molecule has 1 atom stereocenters. The van der Waals surface area contributed by atoms with Gasteiger partial charge in [0.15, 0.2) is 0 Å². The molecule has 1 aromatic heterocycles. The number of nitrogens with zero attached hydrogens (tertiary/aromatic N) is 2. The molecule has 0 spiro atoms. The van der Waals surface area contributed by atoms with Crippen LogP contribution in [-0.4, -0.2) is 15.7 Å². The molecular weight excluding hydrogens is 250 g/mol. The van der Waals surface area contributed by atoms with Gasteiger partial charge in [-0.1, -0.05) is 26.8 Å². The van der Waals surface area contributed by atoms with Gasteiger partial charge in [0, 0.05) is 6.04 Å². The SMILES string of the molecule is CCC(C(C)C)n1c(N)nc2c(OC(C)C)cccc21. The number of para-hydroxylation sites is 1. The van der Waals surface area contributed by atoms with Crippen molar-refractivity contribution in [3.8, 4) is 5.75 Å². The highest BCUT2D eigenvalue weighted by Crippen LogP contribution is 2.33. The van der Waals surface area contributed by atoms with Gasteiger partial charge in [-0.15, -0.1) is 0 Å². The Morgan fingerprint density at radius 2 is 1.95 bits per heavy atom. The van der Waals surface area contributed by atoms with Crippen LogP contribution >= 0.6 is 0 Å². The number of fused-ring (bicyclic) bond motifs is 1. The van der Waals surface area contributed by atoms with E-state index >= 15 is 0 Å². The van der Waals surface area contributed by atoms with E-state index in [1.165, 1.54) is 0 Å². The molecule has 1 heterocycles. The Labute approximate surface area is 120 Å². The zero-order chi connectivity index (χ0) is 14.9. The molecule has 2 rings (SSSR count). The molecule has 0 amide bonds. The van der Waals surface area contributed by atoms with Crippen molar-refractivity contribution >= 4 is 17.0 Å². The van der Waals surface area contributed by atoms with Crippen molar-refractivity contribution in [2.75, 3.05) is 5.73 Å². The average Bonchev–Trinajstić information content (AvgIpc) is 2.68. The predicted molar refractivity (Wildman–Crippen MR) is 84.1 cm³/mol. The van der Waals surface area contributed by atoms with Gasteiger partial charge in [-0.25, -0.2) is 4.98 Å². The van der Waals surface area contributed by atoms with Crippen LogP contribution in [-0.2, 0) is 0 Å². The predicted octanol–water partition coefficient (Wildman–Crippen LogP) is 4.01. The van der Waals surface area contributed by atoms with Crippen LogP contribution in [0.3, 0.4) is 0 Å². The lowest BCUT2D eigenvalue weighted by atomic mass is 10.0. The third kappa shape index (κ3) is 2.60. The summed E-state index contributed by atoms with van der Waals surface area (Å²) >= 11 is 0. The first-order valence-corrected chi connectivity index (χ1v) is 7.38. The number of nitrogens with two attached hydrogens (primary N) is 1. The van der Waals surface area contributed by atoms with Gasteiger partial charge in [-0.05, 0) is 38.3 Å². The molecule has 1 aromatic carbocycles. The summed E-state index contributed by atoms with van der Waals surface area (Å²) in [7, 11) is 0. The molecule has 4 heteroatoms. The molecule has 110 valence electrons. The van der Waals surface area contributed by atoms with Crippen LogP contribution in [0.15, 0.2) is 18.2 Å². The zero-order valence-electron chi connectivity index (χ0n) is 13.1. The second kappa shape index (κ2) is 5.73. The van der Waals surface area contributed by atoms with Gasteiger partial charge >= 0.3 is 0 Å². The molecule has 4 nitrogen and oxygen atoms in total. The van der Waals surface area contributed by atoms with Gasteiger partial charge < -0.3 is 15.0 Å². The monoisotopic (exact) mass is 275 g/mol. The summed E-state index contributed by atoms with van der Waals surface area (Å²) in [6, 6.07) is 6.38. The number of nitrogen functional groups attached to an aromatic ring is 1. The molecule has 0 radical (unpaired) electrons. The summed E-state index contributed by atoms with van der Waals surface area (Å²) in [5, 5.41) is 0. The highest BCUT2D eigenvalue weighted by molar-refractivity contribution is 5.84. The van der Waals surface area contributed by atoms with Gasteiger partial charge in [0.05, 0.1) is 11.6 Å². The van der Waals surface area contributed by atoms with Crippen molar-refractivity contribution in [2.45, 2.75) is 53.2 Å². The number of anilines is 1. The van der Waals surface area contributed by atoms with Crippen LogP contribution in [0.4, 0.5) is 5.95 Å². The van der Waals surface area contributed by atoms with Crippen molar-refractivity contribution in [3.05, 3.63) is 18.2 Å². The Hall–Kier alpha value is -1.71. The van der Waals surface area contributed by atoms with E-state index < -0.39 is 0 Å². The molecule has 1 unspecified atom stereocenters. The third-order valence-electron chi connectivity index (χ3n) is 3.59. The van der Waals surface area contributed by atoms with Crippen LogP contribution in [0.5, 0.6) is 5.75 Å². The highest BCUT2D eigenvalue weighted by Gasteiger charge is 2.21. The molecule has 0 saturated heterocycles. The number of rotatable bonds is 5. The Morgan fingerprint density at radius 3 is 2.50 bits per heavy atom. The van der Waals surface area contributed by atoms with Gasteiger partial charge in [0.25, 0.3) is 0 Å². The molecule has 0 fully saturated rings. The minimum atomic E-state index is 0.124. The van der Waals surface area contributed by atoms with Crippen molar-refractivity contribution in [2.24, 2.45) is 5.92 Å². The normalized spacial score (nSPS) is 13.3. The third-order valence-corrected chi connectivity index (χ3v) is 3.59. The highest BCUT2D eigenvalue weighted by atomic mass is 16.5. The first-order valence-electron chi connectivity index (χ1n) is 7.38. The molecular formula is C16H25N3O. The van der Waals surface area contributed by atoms with Crippen molar-refractivity contribution in [3.63, 3.8) is 0 Å². The summed E-state index contributed by atoms with van der Waals surface area (Å²) < 4.78 is 7.98. The second-order valence-corrected chi connectivity index (χ2v) is 5.85. The second-order valence-electron chi connectivity index (χ2n) is 5.85. The van der Waals surface area contributed by atoms with Crippen molar-refractivity contribution < 1.29 is 4.74 Å². The quantitative estimate of drug-likeness (QED) is 0.897. The van der Waals surface area contributed by atoms with E-state index in [-0.39, 0.29) is 6.10 Å². The first kappa shape index (κ1) is 14.7. The summed E-state index contributed by atoms with van der Waals surface area (Å²) in [4.78, 5) is 4.53. The number of benzene rings is 1. The molecule has 2 aromatic rings. The van der Waals surface area contributed by atoms with E-state index in [1.807, 2.05) is 26.0 Å². The molecule has 20 heavy (non-hydrogen) atoms. The topological polar surface area (TPSA) is 53.1 Å². The maximum atomic E-state index is 6.16. The van der Waals surface area contributed by atoms with Crippen LogP contribution in [0.2, 0.25) is 0 Å². The summed E-state index contributed by atoms with van der Waals surface area (Å²) in [6.45, 7) is 10.6. The summed E-state index contributed by atoms with van der Waals surface area (Å²) in [6.07, 6.45) is 1.15. The van der Waals surface area contributed by atoms with Crippen LogP contribution in [0.1, 0.15) is 47.1 Å².